The highest BCUT2D eigenvalue weighted by atomic mass is 16.5. The van der Waals surface area contributed by atoms with Crippen molar-refractivity contribution < 1.29 is 14.3 Å². The van der Waals surface area contributed by atoms with E-state index in [9.17, 15) is 14.9 Å². The summed E-state index contributed by atoms with van der Waals surface area (Å²) in [6, 6.07) is 21.9. The number of rotatable bonds is 8. The molecule has 36 heavy (non-hydrogen) atoms. The molecule has 0 saturated carbocycles. The lowest BCUT2D eigenvalue weighted by atomic mass is 10.1. The molecule has 0 aliphatic rings. The number of amides is 1. The third-order valence-electron chi connectivity index (χ3n) is 5.52. The van der Waals surface area contributed by atoms with Crippen LogP contribution in [0.1, 0.15) is 16.7 Å². The van der Waals surface area contributed by atoms with E-state index >= 15 is 0 Å². The zero-order valence-corrected chi connectivity index (χ0v) is 19.9. The number of nitrogens with one attached hydrogen (secondary N) is 1. The lowest BCUT2D eigenvalue weighted by Gasteiger charge is -2.12. The van der Waals surface area contributed by atoms with E-state index < -0.39 is 11.5 Å². The second-order valence-corrected chi connectivity index (χ2v) is 7.96. The third kappa shape index (κ3) is 5.42. The standard InChI is InChI=1S/C28H24N4O4/c1-19-7-6-16-32-25(19)31-27(36-23-12-10-22(35-2)11-13-23)24(28(32)34)17-21(18-29)26(33)30-15-14-20-8-4-3-5-9-20/h3-13,16-17H,14-15H2,1-2H3,(H,30,33)/b21-17+. The van der Waals surface area contributed by atoms with E-state index in [0.717, 1.165) is 11.1 Å². The lowest BCUT2D eigenvalue weighted by Crippen LogP contribution is -2.27. The van der Waals surface area contributed by atoms with Gasteiger partial charge in [0.25, 0.3) is 11.5 Å². The summed E-state index contributed by atoms with van der Waals surface area (Å²) in [5.74, 6) is 0.465. The minimum absolute atomic E-state index is 0.00991. The van der Waals surface area contributed by atoms with Crippen LogP contribution in [0.3, 0.4) is 0 Å². The molecule has 1 amide bonds. The van der Waals surface area contributed by atoms with Crippen molar-refractivity contribution in [1.82, 2.24) is 14.7 Å². The van der Waals surface area contributed by atoms with E-state index in [1.54, 1.807) is 43.6 Å². The van der Waals surface area contributed by atoms with E-state index in [4.69, 9.17) is 9.47 Å². The van der Waals surface area contributed by atoms with E-state index in [2.05, 4.69) is 10.3 Å². The van der Waals surface area contributed by atoms with Crippen molar-refractivity contribution in [3.63, 3.8) is 0 Å². The summed E-state index contributed by atoms with van der Waals surface area (Å²) in [6.07, 6.45) is 3.41. The molecule has 180 valence electrons. The SMILES string of the molecule is COc1ccc(Oc2nc3c(C)cccn3c(=O)c2/C=C(\C#N)C(=O)NCCc2ccccc2)cc1. The van der Waals surface area contributed by atoms with Crippen LogP contribution in [0.25, 0.3) is 11.7 Å². The average Bonchev–Trinajstić information content (AvgIpc) is 2.90. The first kappa shape index (κ1) is 24.2. The molecule has 0 aliphatic heterocycles. The smallest absolute Gasteiger partial charge is 0.269 e. The van der Waals surface area contributed by atoms with Crippen molar-refractivity contribution in [3.05, 3.63) is 106 Å². The fraction of sp³-hybridized carbons (Fsp3) is 0.143. The Morgan fingerprint density at radius 3 is 2.50 bits per heavy atom. The van der Waals surface area contributed by atoms with Gasteiger partial charge in [-0.15, -0.1) is 0 Å². The van der Waals surface area contributed by atoms with Crippen LogP contribution >= 0.6 is 0 Å². The topological polar surface area (TPSA) is 106 Å². The lowest BCUT2D eigenvalue weighted by molar-refractivity contribution is -0.117. The number of carbonyl (C=O) groups is 1. The van der Waals surface area contributed by atoms with Gasteiger partial charge in [0, 0.05) is 12.7 Å². The number of nitriles is 1. The first-order valence-electron chi connectivity index (χ1n) is 11.3. The van der Waals surface area contributed by atoms with Crippen LogP contribution in [0.15, 0.2) is 83.3 Å². The van der Waals surface area contributed by atoms with Gasteiger partial charge in [0.2, 0.25) is 5.88 Å². The predicted molar refractivity (Wildman–Crippen MR) is 136 cm³/mol. The molecule has 2 aromatic heterocycles. The zero-order valence-electron chi connectivity index (χ0n) is 19.9. The second kappa shape index (κ2) is 11.0. The number of aryl methyl sites for hydroxylation is 1. The van der Waals surface area contributed by atoms with E-state index in [1.807, 2.05) is 49.4 Å². The molecule has 0 radical (unpaired) electrons. The van der Waals surface area contributed by atoms with E-state index in [0.29, 0.717) is 30.1 Å². The minimum atomic E-state index is -0.586. The van der Waals surface area contributed by atoms with Gasteiger partial charge >= 0.3 is 0 Å². The summed E-state index contributed by atoms with van der Waals surface area (Å²) in [5, 5.41) is 12.4. The number of carbonyl (C=O) groups excluding carboxylic acids is 1. The largest absolute Gasteiger partial charge is 0.497 e. The van der Waals surface area contributed by atoms with Gasteiger partial charge in [0.15, 0.2) is 0 Å². The molecule has 0 bridgehead atoms. The Bertz CT molecular complexity index is 1520. The summed E-state index contributed by atoms with van der Waals surface area (Å²) < 4.78 is 12.5. The molecule has 1 N–H and O–H groups in total. The number of methoxy groups -OCH3 is 1. The van der Waals surface area contributed by atoms with Crippen LogP contribution in [0, 0.1) is 18.3 Å². The van der Waals surface area contributed by atoms with Crippen LogP contribution in [0.5, 0.6) is 17.4 Å². The molecule has 4 aromatic rings. The number of benzene rings is 2. The Morgan fingerprint density at radius 1 is 1.08 bits per heavy atom. The molecule has 0 spiro atoms. The van der Waals surface area contributed by atoms with Crippen LogP contribution in [0.4, 0.5) is 0 Å². The molecular formula is C28H24N4O4. The maximum Gasteiger partial charge on any atom is 0.269 e. The number of hydrogen-bond acceptors (Lipinski definition) is 6. The molecule has 8 nitrogen and oxygen atoms in total. The number of ether oxygens (including phenoxy) is 2. The Hall–Kier alpha value is -4.90. The fourth-order valence-corrected chi connectivity index (χ4v) is 3.60. The van der Waals surface area contributed by atoms with Crippen LogP contribution in [-0.4, -0.2) is 28.9 Å². The van der Waals surface area contributed by atoms with Gasteiger partial charge < -0.3 is 14.8 Å². The first-order chi connectivity index (χ1) is 17.5. The quantitative estimate of drug-likeness (QED) is 0.301. The minimum Gasteiger partial charge on any atom is -0.497 e. The molecule has 0 fully saturated rings. The van der Waals surface area contributed by atoms with Crippen molar-refractivity contribution in [2.24, 2.45) is 0 Å². The molecule has 4 rings (SSSR count). The van der Waals surface area contributed by atoms with Crippen molar-refractivity contribution in [2.75, 3.05) is 13.7 Å². The molecule has 0 unspecified atom stereocenters. The van der Waals surface area contributed by atoms with Crippen molar-refractivity contribution >= 4 is 17.6 Å². The summed E-state index contributed by atoms with van der Waals surface area (Å²) in [4.78, 5) is 30.7. The van der Waals surface area contributed by atoms with E-state index in [1.165, 1.54) is 10.5 Å². The number of nitrogens with zero attached hydrogens (tertiary/aromatic N) is 3. The Kier molecular flexibility index (Phi) is 7.42. The number of aromatic nitrogens is 2. The molecular weight excluding hydrogens is 456 g/mol. The van der Waals surface area contributed by atoms with Gasteiger partial charge in [0.1, 0.15) is 34.4 Å². The monoisotopic (exact) mass is 480 g/mol. The first-order valence-corrected chi connectivity index (χ1v) is 11.3. The number of pyridine rings is 1. The maximum absolute atomic E-state index is 13.4. The van der Waals surface area contributed by atoms with Crippen LogP contribution in [-0.2, 0) is 11.2 Å². The molecule has 0 saturated heterocycles. The van der Waals surface area contributed by atoms with Crippen molar-refractivity contribution in [3.8, 4) is 23.4 Å². The molecule has 2 aromatic carbocycles. The third-order valence-corrected chi connectivity index (χ3v) is 5.52. The number of hydrogen-bond donors (Lipinski definition) is 1. The van der Waals surface area contributed by atoms with Gasteiger partial charge in [-0.2, -0.15) is 10.2 Å². The highest BCUT2D eigenvalue weighted by Crippen LogP contribution is 2.26. The molecule has 0 aliphatic carbocycles. The Labute approximate surface area is 208 Å². The summed E-state index contributed by atoms with van der Waals surface area (Å²) in [7, 11) is 1.56. The maximum atomic E-state index is 13.4. The van der Waals surface area contributed by atoms with Crippen molar-refractivity contribution in [1.29, 1.82) is 5.26 Å². The second-order valence-electron chi connectivity index (χ2n) is 7.96. The highest BCUT2D eigenvalue weighted by molar-refractivity contribution is 6.01. The highest BCUT2D eigenvalue weighted by Gasteiger charge is 2.18. The Balaban J connectivity index is 1.69. The van der Waals surface area contributed by atoms with Crippen LogP contribution in [0.2, 0.25) is 0 Å². The predicted octanol–water partition coefficient (Wildman–Crippen LogP) is 4.07. The molecule has 0 atom stereocenters. The summed E-state index contributed by atoms with van der Waals surface area (Å²) in [5.41, 5.74) is 1.54. The fourth-order valence-electron chi connectivity index (χ4n) is 3.60. The van der Waals surface area contributed by atoms with Gasteiger partial charge in [-0.1, -0.05) is 36.4 Å². The normalized spacial score (nSPS) is 11.1. The van der Waals surface area contributed by atoms with Gasteiger partial charge in [-0.05, 0) is 60.9 Å². The van der Waals surface area contributed by atoms with E-state index in [-0.39, 0.29) is 17.0 Å². The summed E-state index contributed by atoms with van der Waals surface area (Å²) in [6.45, 7) is 2.17. The van der Waals surface area contributed by atoms with Gasteiger partial charge in [-0.3, -0.25) is 14.0 Å². The van der Waals surface area contributed by atoms with Gasteiger partial charge in [0.05, 0.1) is 7.11 Å². The molecule has 8 heteroatoms. The molecule has 2 heterocycles. The van der Waals surface area contributed by atoms with Crippen molar-refractivity contribution in [2.45, 2.75) is 13.3 Å². The Morgan fingerprint density at radius 2 is 1.81 bits per heavy atom. The van der Waals surface area contributed by atoms with Crippen LogP contribution < -0.4 is 20.3 Å². The zero-order chi connectivity index (χ0) is 25.5. The van der Waals surface area contributed by atoms with Gasteiger partial charge in [-0.25, -0.2) is 0 Å². The number of fused-ring (bicyclic) bond motifs is 1. The summed E-state index contributed by atoms with van der Waals surface area (Å²) >= 11 is 0. The average molecular weight is 481 g/mol.